The standard InChI is InChI=1S/C17H23FO4/c1-10-12(17(16(19)20)8-6-5-7-9-17)14(21-3)11(2)13(18)15(10)22-4/h5-9H2,1-4H3,(H,19,20). The Morgan fingerprint density at radius 2 is 1.59 bits per heavy atom. The molecule has 5 heteroatoms. The summed E-state index contributed by atoms with van der Waals surface area (Å²) in [4.78, 5) is 12.1. The molecule has 1 saturated carbocycles. The molecule has 0 aliphatic heterocycles. The molecule has 1 aliphatic rings. The number of methoxy groups -OCH3 is 2. The van der Waals surface area contributed by atoms with E-state index in [0.717, 1.165) is 19.3 Å². The summed E-state index contributed by atoms with van der Waals surface area (Å²) in [5.74, 6) is -0.918. The maximum absolute atomic E-state index is 14.4. The highest BCUT2D eigenvalue weighted by atomic mass is 19.1. The first-order valence-corrected chi connectivity index (χ1v) is 7.55. The lowest BCUT2D eigenvalue weighted by Crippen LogP contribution is -2.39. The Labute approximate surface area is 130 Å². The monoisotopic (exact) mass is 310 g/mol. The molecule has 0 bridgehead atoms. The van der Waals surface area contributed by atoms with Crippen LogP contribution in [0.1, 0.15) is 48.8 Å². The van der Waals surface area contributed by atoms with Crippen LogP contribution in [-0.2, 0) is 10.2 Å². The highest BCUT2D eigenvalue weighted by molar-refractivity contribution is 5.84. The smallest absolute Gasteiger partial charge is 0.314 e. The summed E-state index contributed by atoms with van der Waals surface area (Å²) in [6.07, 6.45) is 3.77. The van der Waals surface area contributed by atoms with Crippen molar-refractivity contribution in [1.82, 2.24) is 0 Å². The van der Waals surface area contributed by atoms with E-state index in [4.69, 9.17) is 9.47 Å². The number of rotatable bonds is 4. The molecule has 1 aromatic rings. The van der Waals surface area contributed by atoms with Crippen molar-refractivity contribution in [3.8, 4) is 11.5 Å². The van der Waals surface area contributed by atoms with Gasteiger partial charge in [-0.1, -0.05) is 19.3 Å². The number of aliphatic carboxylic acids is 1. The molecule has 2 rings (SSSR count). The molecular formula is C17H23FO4. The van der Waals surface area contributed by atoms with Crippen LogP contribution in [-0.4, -0.2) is 25.3 Å². The number of halogens is 1. The van der Waals surface area contributed by atoms with E-state index in [1.54, 1.807) is 13.8 Å². The Balaban J connectivity index is 2.82. The fourth-order valence-electron chi connectivity index (χ4n) is 3.71. The van der Waals surface area contributed by atoms with Gasteiger partial charge in [-0.2, -0.15) is 0 Å². The summed E-state index contributed by atoms with van der Waals surface area (Å²) in [7, 11) is 2.85. The second kappa shape index (κ2) is 6.15. The summed E-state index contributed by atoms with van der Waals surface area (Å²) in [6, 6.07) is 0. The molecule has 0 atom stereocenters. The van der Waals surface area contributed by atoms with E-state index < -0.39 is 17.2 Å². The Morgan fingerprint density at radius 3 is 2.05 bits per heavy atom. The topological polar surface area (TPSA) is 55.8 Å². The van der Waals surface area contributed by atoms with Gasteiger partial charge in [0, 0.05) is 16.7 Å². The van der Waals surface area contributed by atoms with Crippen LogP contribution in [0.15, 0.2) is 0 Å². The molecule has 1 N–H and O–H groups in total. The van der Waals surface area contributed by atoms with Gasteiger partial charge in [-0.05, 0) is 26.7 Å². The van der Waals surface area contributed by atoms with Crippen LogP contribution < -0.4 is 9.47 Å². The zero-order valence-corrected chi connectivity index (χ0v) is 13.6. The van der Waals surface area contributed by atoms with Gasteiger partial charge >= 0.3 is 5.97 Å². The lowest BCUT2D eigenvalue weighted by atomic mass is 9.67. The number of hydrogen-bond acceptors (Lipinski definition) is 3. The van der Waals surface area contributed by atoms with Crippen LogP contribution >= 0.6 is 0 Å². The van der Waals surface area contributed by atoms with Crippen molar-refractivity contribution in [2.45, 2.75) is 51.4 Å². The maximum atomic E-state index is 14.4. The van der Waals surface area contributed by atoms with Crippen molar-refractivity contribution in [1.29, 1.82) is 0 Å². The van der Waals surface area contributed by atoms with E-state index in [1.165, 1.54) is 14.2 Å². The Hall–Kier alpha value is -1.78. The highest BCUT2D eigenvalue weighted by Gasteiger charge is 2.46. The quantitative estimate of drug-likeness (QED) is 0.920. The van der Waals surface area contributed by atoms with Crippen LogP contribution in [0.4, 0.5) is 4.39 Å². The Kier molecular flexibility index (Phi) is 4.63. The fraction of sp³-hybridized carbons (Fsp3) is 0.588. The minimum absolute atomic E-state index is 0.111. The van der Waals surface area contributed by atoms with Crippen LogP contribution in [0.2, 0.25) is 0 Å². The lowest BCUT2D eigenvalue weighted by molar-refractivity contribution is -0.145. The number of carbonyl (C=O) groups is 1. The minimum Gasteiger partial charge on any atom is -0.496 e. The normalized spacial score (nSPS) is 17.1. The first-order valence-electron chi connectivity index (χ1n) is 7.55. The molecule has 4 nitrogen and oxygen atoms in total. The van der Waals surface area contributed by atoms with Crippen LogP contribution in [0.5, 0.6) is 11.5 Å². The molecule has 0 radical (unpaired) electrons. The molecule has 1 fully saturated rings. The van der Waals surface area contributed by atoms with Gasteiger partial charge in [-0.15, -0.1) is 0 Å². The van der Waals surface area contributed by atoms with Gasteiger partial charge in [0.2, 0.25) is 0 Å². The van der Waals surface area contributed by atoms with Crippen LogP contribution in [0.3, 0.4) is 0 Å². The largest absolute Gasteiger partial charge is 0.496 e. The first kappa shape index (κ1) is 16.6. The molecule has 122 valence electrons. The Morgan fingerprint density at radius 1 is 1.05 bits per heavy atom. The van der Waals surface area contributed by atoms with Gasteiger partial charge in [0.05, 0.1) is 19.6 Å². The van der Waals surface area contributed by atoms with Crippen molar-refractivity contribution < 1.29 is 23.8 Å². The maximum Gasteiger partial charge on any atom is 0.314 e. The van der Waals surface area contributed by atoms with Gasteiger partial charge in [-0.3, -0.25) is 4.79 Å². The number of ether oxygens (including phenoxy) is 2. The molecule has 0 aromatic heterocycles. The third kappa shape index (κ3) is 2.32. The van der Waals surface area contributed by atoms with Crippen LogP contribution in [0, 0.1) is 19.7 Å². The number of benzene rings is 1. The van der Waals surface area contributed by atoms with E-state index in [1.807, 2.05) is 0 Å². The van der Waals surface area contributed by atoms with Gasteiger partial charge in [0.1, 0.15) is 5.75 Å². The lowest BCUT2D eigenvalue weighted by Gasteiger charge is -2.36. The minimum atomic E-state index is -1.03. The van der Waals surface area contributed by atoms with Gasteiger partial charge in [0.25, 0.3) is 0 Å². The molecule has 1 aliphatic carbocycles. The summed E-state index contributed by atoms with van der Waals surface area (Å²) in [5, 5.41) is 9.92. The predicted octanol–water partition coefficient (Wildman–Crippen LogP) is 3.75. The van der Waals surface area contributed by atoms with Gasteiger partial charge in [-0.25, -0.2) is 4.39 Å². The van der Waals surface area contributed by atoms with Crippen molar-refractivity contribution in [2.24, 2.45) is 0 Å². The van der Waals surface area contributed by atoms with Crippen LogP contribution in [0.25, 0.3) is 0 Å². The third-order valence-electron chi connectivity index (χ3n) is 4.82. The van der Waals surface area contributed by atoms with E-state index in [9.17, 15) is 14.3 Å². The van der Waals surface area contributed by atoms with Gasteiger partial charge in [0.15, 0.2) is 11.6 Å². The molecule has 0 heterocycles. The van der Waals surface area contributed by atoms with Crippen molar-refractivity contribution >= 4 is 5.97 Å². The molecular weight excluding hydrogens is 287 g/mol. The molecule has 0 unspecified atom stereocenters. The molecule has 0 saturated heterocycles. The molecule has 1 aromatic carbocycles. The van der Waals surface area contributed by atoms with E-state index >= 15 is 0 Å². The summed E-state index contributed by atoms with van der Waals surface area (Å²) in [6.45, 7) is 3.30. The molecule has 22 heavy (non-hydrogen) atoms. The third-order valence-corrected chi connectivity index (χ3v) is 4.82. The van der Waals surface area contributed by atoms with Crippen molar-refractivity contribution in [3.63, 3.8) is 0 Å². The average Bonchev–Trinajstić information content (AvgIpc) is 2.51. The highest BCUT2D eigenvalue weighted by Crippen LogP contribution is 2.49. The zero-order chi connectivity index (χ0) is 16.5. The summed E-state index contributed by atoms with van der Waals surface area (Å²) < 4.78 is 25.0. The summed E-state index contributed by atoms with van der Waals surface area (Å²) >= 11 is 0. The van der Waals surface area contributed by atoms with E-state index in [-0.39, 0.29) is 5.75 Å². The molecule has 0 amide bonds. The second-order valence-corrected chi connectivity index (χ2v) is 5.95. The number of carboxylic acids is 1. The second-order valence-electron chi connectivity index (χ2n) is 5.95. The van der Waals surface area contributed by atoms with Crippen molar-refractivity contribution in [3.05, 3.63) is 22.5 Å². The van der Waals surface area contributed by atoms with Gasteiger partial charge < -0.3 is 14.6 Å². The zero-order valence-electron chi connectivity index (χ0n) is 13.6. The number of hydrogen-bond donors (Lipinski definition) is 1. The average molecular weight is 310 g/mol. The first-order chi connectivity index (χ1) is 10.4. The number of carboxylic acid groups (broad SMARTS) is 1. The SMILES string of the molecule is COc1c(C)c(C2(C(=O)O)CCCCC2)c(OC)c(C)c1F. The van der Waals surface area contributed by atoms with E-state index in [2.05, 4.69) is 0 Å². The van der Waals surface area contributed by atoms with E-state index in [0.29, 0.717) is 35.3 Å². The fourth-order valence-corrected chi connectivity index (χ4v) is 3.71. The summed E-state index contributed by atoms with van der Waals surface area (Å²) in [5.41, 5.74) is 0.357. The predicted molar refractivity (Wildman–Crippen MR) is 81.4 cm³/mol. The Bertz CT molecular complexity index is 589. The van der Waals surface area contributed by atoms with Crippen molar-refractivity contribution in [2.75, 3.05) is 14.2 Å². The molecule has 0 spiro atoms.